The Morgan fingerprint density at radius 3 is 2.50 bits per heavy atom. The number of aromatic nitrogens is 1. The van der Waals surface area contributed by atoms with Crippen LogP contribution in [0.4, 0.5) is 10.8 Å². The van der Waals surface area contributed by atoms with E-state index < -0.39 is 0 Å². The van der Waals surface area contributed by atoms with Crippen molar-refractivity contribution in [1.29, 1.82) is 0 Å². The summed E-state index contributed by atoms with van der Waals surface area (Å²) < 4.78 is 0. The van der Waals surface area contributed by atoms with Gasteiger partial charge in [0.2, 0.25) is 11.8 Å². The van der Waals surface area contributed by atoms with Crippen LogP contribution in [0.25, 0.3) is 0 Å². The Labute approximate surface area is 182 Å². The molecule has 1 aromatic carbocycles. The van der Waals surface area contributed by atoms with Gasteiger partial charge in [0.25, 0.3) is 0 Å². The van der Waals surface area contributed by atoms with Crippen LogP contribution in [0.2, 0.25) is 0 Å². The second-order valence-electron chi connectivity index (χ2n) is 8.39. The summed E-state index contributed by atoms with van der Waals surface area (Å²) in [5, 5.41) is 4.15. The lowest BCUT2D eigenvalue weighted by atomic mass is 9.90. The first-order valence-electron chi connectivity index (χ1n) is 10.8. The number of anilines is 2. The summed E-state index contributed by atoms with van der Waals surface area (Å²) in [7, 11) is 0. The molecule has 1 atom stereocenters. The summed E-state index contributed by atoms with van der Waals surface area (Å²) in [5.41, 5.74) is 4.35. The fraction of sp³-hybridized carbons (Fsp3) is 0.522. The molecule has 2 heterocycles. The van der Waals surface area contributed by atoms with E-state index in [2.05, 4.69) is 16.3 Å². The Hall–Kier alpha value is -2.41. The van der Waals surface area contributed by atoms with Gasteiger partial charge in [-0.05, 0) is 56.4 Å². The Bertz CT molecular complexity index is 926. The maximum Gasteiger partial charge on any atom is 0.227 e. The van der Waals surface area contributed by atoms with E-state index in [1.54, 1.807) is 11.3 Å². The Morgan fingerprint density at radius 1 is 1.13 bits per heavy atom. The van der Waals surface area contributed by atoms with Crippen LogP contribution in [0.3, 0.4) is 0 Å². The van der Waals surface area contributed by atoms with E-state index in [-0.39, 0.29) is 17.7 Å². The normalized spacial score (nSPS) is 18.8. The van der Waals surface area contributed by atoms with E-state index in [1.165, 1.54) is 4.88 Å². The second-order valence-corrected chi connectivity index (χ2v) is 9.46. The van der Waals surface area contributed by atoms with Crippen molar-refractivity contribution >= 4 is 34.0 Å². The van der Waals surface area contributed by atoms with Crippen molar-refractivity contribution in [3.05, 3.63) is 39.9 Å². The lowest BCUT2D eigenvalue weighted by Gasteiger charge is -2.34. The summed E-state index contributed by atoms with van der Waals surface area (Å²) in [6, 6.07) is 6.15. The van der Waals surface area contributed by atoms with E-state index in [4.69, 9.17) is 4.98 Å². The fourth-order valence-electron chi connectivity index (χ4n) is 4.38. The predicted molar refractivity (Wildman–Crippen MR) is 121 cm³/mol. The van der Waals surface area contributed by atoms with E-state index in [1.807, 2.05) is 37.8 Å². The molecule has 1 fully saturated rings. The van der Waals surface area contributed by atoms with Gasteiger partial charge in [-0.3, -0.25) is 9.59 Å². The Kier molecular flexibility index (Phi) is 6.09. The summed E-state index contributed by atoms with van der Waals surface area (Å²) in [4.78, 5) is 35.1. The SMILES string of the molecule is CCC(=O)N1CCN(c2nc3c(s2)C[C@@H](C(=O)Nc2cc(C)cc(C)c2)CC3)CC1. The molecule has 2 amide bonds. The van der Waals surface area contributed by atoms with Crippen LogP contribution >= 0.6 is 11.3 Å². The van der Waals surface area contributed by atoms with Crippen molar-refractivity contribution in [3.63, 3.8) is 0 Å². The minimum Gasteiger partial charge on any atom is -0.345 e. The molecule has 1 N–H and O–H groups in total. The highest BCUT2D eigenvalue weighted by Crippen LogP contribution is 2.35. The maximum atomic E-state index is 12.9. The standard InChI is InChI=1S/C23H30N4O2S/c1-4-21(28)26-7-9-27(10-8-26)23-25-19-6-5-17(14-20(19)30-23)22(29)24-18-12-15(2)11-16(3)13-18/h11-13,17H,4-10,14H2,1-3H3,(H,24,29)/t17-/m0/s1. The van der Waals surface area contributed by atoms with Gasteiger partial charge in [0, 0.05) is 49.1 Å². The molecule has 160 valence electrons. The molecule has 6 nitrogen and oxygen atoms in total. The highest BCUT2D eigenvalue weighted by atomic mass is 32.1. The number of carbonyl (C=O) groups excluding carboxylic acids is 2. The van der Waals surface area contributed by atoms with E-state index in [9.17, 15) is 9.59 Å². The molecule has 2 aliphatic rings. The number of piperazine rings is 1. The number of thiazole rings is 1. The average molecular weight is 427 g/mol. The van der Waals surface area contributed by atoms with Gasteiger partial charge in [0.05, 0.1) is 5.69 Å². The molecule has 4 rings (SSSR count). The van der Waals surface area contributed by atoms with Crippen molar-refractivity contribution in [2.75, 3.05) is 36.4 Å². The zero-order valence-electron chi connectivity index (χ0n) is 18.0. The van der Waals surface area contributed by atoms with Crippen LogP contribution in [0, 0.1) is 19.8 Å². The first-order chi connectivity index (χ1) is 14.4. The summed E-state index contributed by atoms with van der Waals surface area (Å²) in [6.45, 7) is 9.19. The third kappa shape index (κ3) is 4.51. The summed E-state index contributed by atoms with van der Waals surface area (Å²) in [5.74, 6) is 0.323. The van der Waals surface area contributed by atoms with Crippen LogP contribution < -0.4 is 10.2 Å². The van der Waals surface area contributed by atoms with Crippen molar-refractivity contribution < 1.29 is 9.59 Å². The average Bonchev–Trinajstić information content (AvgIpc) is 3.16. The molecule has 2 aromatic rings. The first-order valence-corrected chi connectivity index (χ1v) is 11.6. The van der Waals surface area contributed by atoms with Gasteiger partial charge < -0.3 is 15.1 Å². The number of hydrogen-bond donors (Lipinski definition) is 1. The minimum absolute atomic E-state index is 0.00867. The van der Waals surface area contributed by atoms with Crippen molar-refractivity contribution in [1.82, 2.24) is 9.88 Å². The number of hydrogen-bond acceptors (Lipinski definition) is 5. The molecule has 0 saturated carbocycles. The van der Waals surface area contributed by atoms with Gasteiger partial charge in [0.1, 0.15) is 0 Å². The Morgan fingerprint density at radius 2 is 1.83 bits per heavy atom. The van der Waals surface area contributed by atoms with Gasteiger partial charge in [-0.1, -0.05) is 13.0 Å². The fourth-order valence-corrected chi connectivity index (χ4v) is 5.62. The van der Waals surface area contributed by atoms with Gasteiger partial charge in [-0.15, -0.1) is 11.3 Å². The zero-order valence-corrected chi connectivity index (χ0v) is 18.8. The van der Waals surface area contributed by atoms with Crippen LogP contribution in [-0.4, -0.2) is 47.9 Å². The lowest BCUT2D eigenvalue weighted by Crippen LogP contribution is -2.48. The van der Waals surface area contributed by atoms with Crippen LogP contribution in [0.1, 0.15) is 41.5 Å². The zero-order chi connectivity index (χ0) is 21.3. The van der Waals surface area contributed by atoms with Crippen molar-refractivity contribution in [3.8, 4) is 0 Å². The molecule has 1 aliphatic carbocycles. The predicted octanol–water partition coefficient (Wildman–Crippen LogP) is 3.56. The Balaban J connectivity index is 1.38. The van der Waals surface area contributed by atoms with Gasteiger partial charge in [0.15, 0.2) is 5.13 Å². The molecule has 1 aliphatic heterocycles. The van der Waals surface area contributed by atoms with E-state index in [0.717, 1.165) is 73.1 Å². The van der Waals surface area contributed by atoms with Gasteiger partial charge >= 0.3 is 0 Å². The second kappa shape index (κ2) is 8.76. The molecule has 30 heavy (non-hydrogen) atoms. The first kappa shape index (κ1) is 20.8. The van der Waals surface area contributed by atoms with E-state index >= 15 is 0 Å². The molecular weight excluding hydrogens is 396 g/mol. The quantitative estimate of drug-likeness (QED) is 0.812. The summed E-state index contributed by atoms with van der Waals surface area (Å²) in [6.07, 6.45) is 3.02. The third-order valence-corrected chi connectivity index (χ3v) is 7.17. The molecule has 1 saturated heterocycles. The highest BCUT2D eigenvalue weighted by Gasteiger charge is 2.29. The molecule has 7 heteroatoms. The molecule has 0 unspecified atom stereocenters. The smallest absolute Gasteiger partial charge is 0.227 e. The minimum atomic E-state index is -0.00867. The van der Waals surface area contributed by atoms with Crippen LogP contribution in [0.5, 0.6) is 0 Å². The molecular formula is C23H30N4O2S. The van der Waals surface area contributed by atoms with Crippen LogP contribution in [-0.2, 0) is 22.4 Å². The number of fused-ring (bicyclic) bond motifs is 1. The number of benzene rings is 1. The number of nitrogens with zero attached hydrogens (tertiary/aromatic N) is 3. The molecule has 0 bridgehead atoms. The topological polar surface area (TPSA) is 65.5 Å². The molecule has 0 spiro atoms. The number of aryl methyl sites for hydroxylation is 3. The number of amides is 2. The lowest BCUT2D eigenvalue weighted by molar-refractivity contribution is -0.131. The third-order valence-electron chi connectivity index (χ3n) is 5.99. The van der Waals surface area contributed by atoms with Crippen LogP contribution in [0.15, 0.2) is 18.2 Å². The number of carbonyl (C=O) groups is 2. The highest BCUT2D eigenvalue weighted by molar-refractivity contribution is 7.15. The van der Waals surface area contributed by atoms with Gasteiger partial charge in [-0.2, -0.15) is 0 Å². The number of nitrogens with one attached hydrogen (secondary N) is 1. The largest absolute Gasteiger partial charge is 0.345 e. The molecule has 0 radical (unpaired) electrons. The molecule has 1 aromatic heterocycles. The van der Waals surface area contributed by atoms with Gasteiger partial charge in [-0.25, -0.2) is 4.98 Å². The monoisotopic (exact) mass is 426 g/mol. The maximum absolute atomic E-state index is 12.9. The van der Waals surface area contributed by atoms with E-state index in [0.29, 0.717) is 6.42 Å². The summed E-state index contributed by atoms with van der Waals surface area (Å²) >= 11 is 1.72. The number of rotatable bonds is 4. The van der Waals surface area contributed by atoms with Crippen molar-refractivity contribution in [2.24, 2.45) is 5.92 Å². The van der Waals surface area contributed by atoms with Crippen molar-refractivity contribution in [2.45, 2.75) is 46.5 Å².